The molecule has 1 rings (SSSR count). The molecule has 1 aromatic heterocycles. The van der Waals surface area contributed by atoms with Gasteiger partial charge in [-0.15, -0.1) is 0 Å². The number of nitrogens with zero attached hydrogens (tertiary/aromatic N) is 1. The van der Waals surface area contributed by atoms with Gasteiger partial charge in [0.05, 0.1) is 0 Å². The highest BCUT2D eigenvalue weighted by Gasteiger charge is 2.12. The van der Waals surface area contributed by atoms with Gasteiger partial charge in [0.2, 0.25) is 0 Å². The fourth-order valence-electron chi connectivity index (χ4n) is 1.39. The molecule has 0 radical (unpaired) electrons. The number of aromatic nitrogens is 1. The lowest BCUT2D eigenvalue weighted by Crippen LogP contribution is -2.15. The van der Waals surface area contributed by atoms with Crippen LogP contribution in [-0.2, 0) is 0 Å². The average molecular weight is 232 g/mol. The average Bonchev–Trinajstić information content (AvgIpc) is 2.26. The minimum absolute atomic E-state index is 0.231. The quantitative estimate of drug-likeness (QED) is 0.787. The summed E-state index contributed by atoms with van der Waals surface area (Å²) < 4.78 is 38.5. The van der Waals surface area contributed by atoms with Crippen LogP contribution in [-0.4, -0.2) is 11.5 Å². The van der Waals surface area contributed by atoms with Crippen LogP contribution in [0.3, 0.4) is 0 Å². The van der Waals surface area contributed by atoms with Gasteiger partial charge < -0.3 is 5.32 Å². The molecule has 90 valence electrons. The van der Waals surface area contributed by atoms with E-state index in [1.54, 1.807) is 0 Å². The van der Waals surface area contributed by atoms with Gasteiger partial charge in [0.25, 0.3) is 5.95 Å². The number of halogens is 3. The third kappa shape index (κ3) is 3.12. The van der Waals surface area contributed by atoms with Gasteiger partial charge in [-0.1, -0.05) is 26.7 Å². The molecule has 0 atom stereocenters. The molecular weight excluding hydrogens is 217 g/mol. The van der Waals surface area contributed by atoms with Crippen molar-refractivity contribution in [2.45, 2.75) is 26.7 Å². The molecule has 0 aliphatic carbocycles. The molecule has 1 aromatic rings. The molecule has 16 heavy (non-hydrogen) atoms. The second-order valence-corrected chi connectivity index (χ2v) is 3.65. The lowest BCUT2D eigenvalue weighted by Gasteiger charge is -2.14. The largest absolute Gasteiger partial charge is 0.367 e. The Morgan fingerprint density at radius 1 is 1.19 bits per heavy atom. The molecule has 1 heterocycles. The summed E-state index contributed by atoms with van der Waals surface area (Å²) in [5.74, 6) is -3.29. The fraction of sp³-hybridized carbons (Fsp3) is 0.545. The summed E-state index contributed by atoms with van der Waals surface area (Å²) >= 11 is 0. The maximum absolute atomic E-state index is 13.2. The Balaban J connectivity index is 2.70. The van der Waals surface area contributed by atoms with Gasteiger partial charge in [0.1, 0.15) is 0 Å². The van der Waals surface area contributed by atoms with Gasteiger partial charge in [0, 0.05) is 12.6 Å². The minimum Gasteiger partial charge on any atom is -0.367 e. The SMILES string of the molecule is CCC(CC)CNc1nc(F)c(F)cc1F. The van der Waals surface area contributed by atoms with E-state index >= 15 is 0 Å². The topological polar surface area (TPSA) is 24.9 Å². The first-order valence-corrected chi connectivity index (χ1v) is 5.33. The number of hydrogen-bond acceptors (Lipinski definition) is 2. The molecule has 0 unspecified atom stereocenters. The van der Waals surface area contributed by atoms with Gasteiger partial charge in [-0.2, -0.15) is 9.37 Å². The van der Waals surface area contributed by atoms with Crippen molar-refractivity contribution in [1.82, 2.24) is 4.98 Å². The predicted octanol–water partition coefficient (Wildman–Crippen LogP) is 3.35. The zero-order valence-corrected chi connectivity index (χ0v) is 9.36. The lowest BCUT2D eigenvalue weighted by atomic mass is 10.0. The Kier molecular flexibility index (Phi) is 4.58. The number of anilines is 1. The summed E-state index contributed by atoms with van der Waals surface area (Å²) in [5, 5.41) is 2.69. The van der Waals surface area contributed by atoms with Crippen LogP contribution in [0.1, 0.15) is 26.7 Å². The molecular formula is C11H15F3N2. The third-order valence-electron chi connectivity index (χ3n) is 2.60. The highest BCUT2D eigenvalue weighted by atomic mass is 19.2. The number of rotatable bonds is 5. The van der Waals surface area contributed by atoms with Gasteiger partial charge in [-0.05, 0) is 5.92 Å². The van der Waals surface area contributed by atoms with Crippen LogP contribution in [0, 0.1) is 23.5 Å². The Morgan fingerprint density at radius 3 is 2.38 bits per heavy atom. The lowest BCUT2D eigenvalue weighted by molar-refractivity contribution is 0.463. The van der Waals surface area contributed by atoms with E-state index in [-0.39, 0.29) is 5.82 Å². The Labute approximate surface area is 92.9 Å². The minimum atomic E-state index is -1.28. The smallest absolute Gasteiger partial charge is 0.251 e. The van der Waals surface area contributed by atoms with E-state index in [2.05, 4.69) is 10.3 Å². The van der Waals surface area contributed by atoms with E-state index in [1.807, 2.05) is 13.8 Å². The van der Waals surface area contributed by atoms with Crippen molar-refractivity contribution in [3.63, 3.8) is 0 Å². The van der Waals surface area contributed by atoms with Crippen molar-refractivity contribution in [3.8, 4) is 0 Å². The molecule has 0 aromatic carbocycles. The number of nitrogens with one attached hydrogen (secondary N) is 1. The van der Waals surface area contributed by atoms with E-state index in [9.17, 15) is 13.2 Å². The predicted molar refractivity (Wildman–Crippen MR) is 56.7 cm³/mol. The molecule has 1 N–H and O–H groups in total. The van der Waals surface area contributed by atoms with Crippen LogP contribution in [0.15, 0.2) is 6.07 Å². The molecule has 0 spiro atoms. The standard InChI is InChI=1S/C11H15F3N2/c1-3-7(4-2)6-15-11-9(13)5-8(12)10(14)16-11/h5,7H,3-4,6H2,1-2H3,(H,15,16). The zero-order valence-electron chi connectivity index (χ0n) is 9.36. The summed E-state index contributed by atoms with van der Waals surface area (Å²) in [6, 6.07) is 0.498. The summed E-state index contributed by atoms with van der Waals surface area (Å²) in [5.41, 5.74) is 0. The summed E-state index contributed by atoms with van der Waals surface area (Å²) in [7, 11) is 0. The van der Waals surface area contributed by atoms with Crippen LogP contribution < -0.4 is 5.32 Å². The third-order valence-corrected chi connectivity index (χ3v) is 2.60. The van der Waals surface area contributed by atoms with Crippen molar-refractivity contribution in [2.75, 3.05) is 11.9 Å². The molecule has 0 saturated carbocycles. The normalized spacial score (nSPS) is 10.9. The molecule has 2 nitrogen and oxygen atoms in total. The molecule has 0 saturated heterocycles. The first kappa shape index (κ1) is 12.8. The van der Waals surface area contributed by atoms with Crippen LogP contribution in [0.25, 0.3) is 0 Å². The van der Waals surface area contributed by atoms with Crippen molar-refractivity contribution in [2.24, 2.45) is 5.92 Å². The van der Waals surface area contributed by atoms with E-state index < -0.39 is 17.6 Å². The Morgan fingerprint density at radius 2 is 1.81 bits per heavy atom. The first-order chi connectivity index (χ1) is 7.58. The van der Waals surface area contributed by atoms with Crippen LogP contribution >= 0.6 is 0 Å². The van der Waals surface area contributed by atoms with E-state index in [0.717, 1.165) is 12.8 Å². The van der Waals surface area contributed by atoms with Crippen molar-refractivity contribution < 1.29 is 13.2 Å². The van der Waals surface area contributed by atoms with Gasteiger partial charge in [-0.25, -0.2) is 8.78 Å². The van der Waals surface area contributed by atoms with Gasteiger partial charge in [-0.3, -0.25) is 0 Å². The fourth-order valence-corrected chi connectivity index (χ4v) is 1.39. The molecule has 0 amide bonds. The second-order valence-electron chi connectivity index (χ2n) is 3.65. The van der Waals surface area contributed by atoms with Crippen LogP contribution in [0.5, 0.6) is 0 Å². The van der Waals surface area contributed by atoms with Gasteiger partial charge in [0.15, 0.2) is 17.5 Å². The summed E-state index contributed by atoms with van der Waals surface area (Å²) in [4.78, 5) is 3.19. The number of hydrogen-bond donors (Lipinski definition) is 1. The van der Waals surface area contributed by atoms with Crippen molar-refractivity contribution in [1.29, 1.82) is 0 Å². The number of pyridine rings is 1. The first-order valence-electron chi connectivity index (χ1n) is 5.33. The molecule has 0 aliphatic rings. The Hall–Kier alpha value is -1.26. The highest BCUT2D eigenvalue weighted by Crippen LogP contribution is 2.16. The summed E-state index contributed by atoms with van der Waals surface area (Å²) in [6.45, 7) is 4.54. The maximum Gasteiger partial charge on any atom is 0.251 e. The molecule has 0 aliphatic heterocycles. The van der Waals surface area contributed by atoms with Crippen molar-refractivity contribution >= 4 is 5.82 Å². The van der Waals surface area contributed by atoms with E-state index in [1.165, 1.54) is 0 Å². The monoisotopic (exact) mass is 232 g/mol. The van der Waals surface area contributed by atoms with Crippen molar-refractivity contribution in [3.05, 3.63) is 23.6 Å². The molecule has 5 heteroatoms. The summed E-state index contributed by atoms with van der Waals surface area (Å²) in [6.07, 6.45) is 1.88. The van der Waals surface area contributed by atoms with Crippen LogP contribution in [0.2, 0.25) is 0 Å². The highest BCUT2D eigenvalue weighted by molar-refractivity contribution is 5.36. The van der Waals surface area contributed by atoms with Gasteiger partial charge >= 0.3 is 0 Å². The van der Waals surface area contributed by atoms with E-state index in [4.69, 9.17) is 0 Å². The second kappa shape index (κ2) is 5.72. The van der Waals surface area contributed by atoms with Crippen LogP contribution in [0.4, 0.5) is 19.0 Å². The van der Waals surface area contributed by atoms with E-state index in [0.29, 0.717) is 18.5 Å². The maximum atomic E-state index is 13.2. The zero-order chi connectivity index (χ0) is 12.1. The molecule has 0 bridgehead atoms. The Bertz CT molecular complexity index is 351. The molecule has 0 fully saturated rings.